The van der Waals surface area contributed by atoms with Gasteiger partial charge in [0.2, 0.25) is 0 Å². The van der Waals surface area contributed by atoms with Crippen LogP contribution in [-0.4, -0.2) is 14.1 Å². The summed E-state index contributed by atoms with van der Waals surface area (Å²) in [5.41, 5.74) is 9.51. The Kier molecular flexibility index (Phi) is 8.71. The maximum atomic E-state index is 6.79. The summed E-state index contributed by atoms with van der Waals surface area (Å²) in [5, 5.41) is 2.36. The topological polar surface area (TPSA) is 35.9 Å². The summed E-state index contributed by atoms with van der Waals surface area (Å²) in [6.07, 6.45) is 8.37. The highest BCUT2D eigenvalue weighted by atomic mass is 16.5. The van der Waals surface area contributed by atoms with Gasteiger partial charge in [-0.2, -0.15) is 0 Å². The van der Waals surface area contributed by atoms with Crippen LogP contribution in [-0.2, 0) is 21.7 Å². The van der Waals surface area contributed by atoms with E-state index in [-0.39, 0.29) is 21.7 Å². The van der Waals surface area contributed by atoms with Crippen molar-refractivity contribution in [1.29, 1.82) is 0 Å². The first kappa shape index (κ1) is 36.2. The monoisotopic (exact) mass is 703 g/mol. The molecule has 0 amide bonds. The molecule has 5 heteroatoms. The van der Waals surface area contributed by atoms with Crippen molar-refractivity contribution in [2.24, 2.45) is 0 Å². The van der Waals surface area contributed by atoms with Crippen molar-refractivity contribution in [3.63, 3.8) is 0 Å². The van der Waals surface area contributed by atoms with Gasteiger partial charge in [0.05, 0.1) is 11.0 Å². The zero-order chi connectivity index (χ0) is 38.1. The summed E-state index contributed by atoms with van der Waals surface area (Å²) in [5.74, 6) is 2.48. The molecular formula is C48H55N4O+. The van der Waals surface area contributed by atoms with Crippen LogP contribution in [0.4, 0.5) is 0 Å². The Morgan fingerprint density at radius 3 is 1.83 bits per heavy atom. The number of pyridine rings is 1. The van der Waals surface area contributed by atoms with Crippen LogP contribution in [0.1, 0.15) is 105 Å². The molecule has 0 bridgehead atoms. The van der Waals surface area contributed by atoms with E-state index < -0.39 is 0 Å². The zero-order valence-corrected chi connectivity index (χ0v) is 33.7. The molecular weight excluding hydrogens is 649 g/mol. The molecule has 0 spiro atoms. The summed E-state index contributed by atoms with van der Waals surface area (Å²) in [4.78, 5) is 4.87. The first-order valence-electron chi connectivity index (χ1n) is 18.9. The molecule has 0 aliphatic heterocycles. The van der Waals surface area contributed by atoms with Gasteiger partial charge in [-0.1, -0.05) is 107 Å². The number of fused-ring (bicyclic) bond motifs is 3. The first-order chi connectivity index (χ1) is 24.8. The van der Waals surface area contributed by atoms with Crippen LogP contribution in [0.15, 0.2) is 116 Å². The number of aromatic nitrogens is 4. The smallest absolute Gasteiger partial charge is 0.254 e. The van der Waals surface area contributed by atoms with Gasteiger partial charge in [0, 0.05) is 29.1 Å². The zero-order valence-electron chi connectivity index (χ0n) is 33.7. The minimum Gasteiger partial charge on any atom is -0.457 e. The van der Waals surface area contributed by atoms with Crippen molar-refractivity contribution in [3.05, 3.63) is 138 Å². The van der Waals surface area contributed by atoms with E-state index in [0.29, 0.717) is 0 Å². The molecule has 272 valence electrons. The second-order valence-electron chi connectivity index (χ2n) is 18.7. The van der Waals surface area contributed by atoms with E-state index in [1.54, 1.807) is 0 Å². The van der Waals surface area contributed by atoms with Gasteiger partial charge in [0.1, 0.15) is 41.1 Å². The van der Waals surface area contributed by atoms with Gasteiger partial charge in [-0.25, -0.2) is 14.1 Å². The van der Waals surface area contributed by atoms with E-state index in [9.17, 15) is 0 Å². The molecule has 4 aromatic carbocycles. The van der Waals surface area contributed by atoms with Crippen molar-refractivity contribution in [2.45, 2.75) is 105 Å². The summed E-state index contributed by atoms with van der Waals surface area (Å²) in [6.45, 7) is 27.2. The van der Waals surface area contributed by atoms with Crippen LogP contribution in [0, 0.1) is 0 Å². The molecule has 7 aromatic rings. The Labute approximate surface area is 315 Å². The molecule has 3 aromatic heterocycles. The third-order valence-electron chi connectivity index (χ3n) is 10.4. The Hall–Kier alpha value is -5.16. The van der Waals surface area contributed by atoms with Crippen LogP contribution in [0.3, 0.4) is 0 Å². The predicted octanol–water partition coefficient (Wildman–Crippen LogP) is 12.2. The third kappa shape index (κ3) is 7.27. The number of hydrogen-bond acceptors (Lipinski definition) is 2. The van der Waals surface area contributed by atoms with Crippen molar-refractivity contribution >= 4 is 21.8 Å². The van der Waals surface area contributed by atoms with Crippen LogP contribution >= 0.6 is 0 Å². The second kappa shape index (κ2) is 12.8. The average Bonchev–Trinajstić information content (AvgIpc) is 3.70. The average molecular weight is 704 g/mol. The van der Waals surface area contributed by atoms with Crippen LogP contribution in [0.25, 0.3) is 39.0 Å². The number of para-hydroxylation sites is 1. The van der Waals surface area contributed by atoms with E-state index in [2.05, 4.69) is 207 Å². The van der Waals surface area contributed by atoms with Gasteiger partial charge < -0.3 is 4.74 Å². The highest BCUT2D eigenvalue weighted by Crippen LogP contribution is 2.37. The van der Waals surface area contributed by atoms with E-state index >= 15 is 0 Å². The van der Waals surface area contributed by atoms with Crippen molar-refractivity contribution in [1.82, 2.24) is 14.1 Å². The SMILES string of the molecule is CC(C)(C)c1cc(Oc2ccc3c4ccccc4n(-c4cc(C(C)(C)C)ccn4)c3c2)cc(-n2cc[n+](-c3cc(C(C)(C)C)cc(C(C)(C)C)c3)c2)c1. The van der Waals surface area contributed by atoms with E-state index in [0.717, 1.165) is 39.7 Å². The number of rotatable bonds is 5. The van der Waals surface area contributed by atoms with Gasteiger partial charge in [-0.3, -0.25) is 4.57 Å². The number of imidazole rings is 1. The fraction of sp³-hybridized carbons (Fsp3) is 0.333. The summed E-state index contributed by atoms with van der Waals surface area (Å²) in [6, 6.07) is 32.9. The number of hydrogen-bond donors (Lipinski definition) is 0. The van der Waals surface area contributed by atoms with Gasteiger partial charge in [0.25, 0.3) is 6.33 Å². The number of nitrogens with zero attached hydrogens (tertiary/aromatic N) is 4. The minimum absolute atomic E-state index is 0.00528. The van der Waals surface area contributed by atoms with Gasteiger partial charge in [-0.15, -0.1) is 0 Å². The first-order valence-corrected chi connectivity index (χ1v) is 18.9. The third-order valence-corrected chi connectivity index (χ3v) is 10.4. The lowest BCUT2D eigenvalue weighted by Crippen LogP contribution is -2.29. The van der Waals surface area contributed by atoms with Crippen molar-refractivity contribution in [2.75, 3.05) is 0 Å². The lowest BCUT2D eigenvalue weighted by atomic mass is 9.80. The molecule has 53 heavy (non-hydrogen) atoms. The fourth-order valence-electron chi connectivity index (χ4n) is 6.91. The molecule has 0 fully saturated rings. The second-order valence-corrected chi connectivity index (χ2v) is 18.7. The molecule has 0 atom stereocenters. The molecule has 0 saturated carbocycles. The minimum atomic E-state index is -0.0833. The number of benzene rings is 4. The van der Waals surface area contributed by atoms with Gasteiger partial charge in [-0.05, 0) is 98.5 Å². The molecule has 0 aliphatic carbocycles. The van der Waals surface area contributed by atoms with Crippen LogP contribution < -0.4 is 9.30 Å². The Bertz CT molecular complexity index is 2440. The molecule has 0 saturated heterocycles. The summed E-state index contributed by atoms with van der Waals surface area (Å²) < 4.78 is 13.5. The molecule has 0 radical (unpaired) electrons. The Morgan fingerprint density at radius 2 is 1.17 bits per heavy atom. The largest absolute Gasteiger partial charge is 0.457 e. The Morgan fingerprint density at radius 1 is 0.547 bits per heavy atom. The van der Waals surface area contributed by atoms with Crippen LogP contribution in [0.2, 0.25) is 0 Å². The van der Waals surface area contributed by atoms with Gasteiger partial charge >= 0.3 is 0 Å². The van der Waals surface area contributed by atoms with Crippen LogP contribution in [0.5, 0.6) is 11.5 Å². The molecule has 0 N–H and O–H groups in total. The Balaban J connectivity index is 1.31. The molecule has 0 aliphatic rings. The summed E-state index contributed by atoms with van der Waals surface area (Å²) in [7, 11) is 0. The number of ether oxygens (including phenoxy) is 1. The van der Waals surface area contributed by atoms with E-state index in [4.69, 9.17) is 9.72 Å². The van der Waals surface area contributed by atoms with Gasteiger partial charge in [0.15, 0.2) is 0 Å². The maximum absolute atomic E-state index is 6.79. The fourth-order valence-corrected chi connectivity index (χ4v) is 6.91. The standard InChI is InChI=1S/C48H55N4O/c1-45(2,3)32-19-20-49-44(28-32)52-42-16-14-13-15-40(42)41-18-17-38(30-43(41)52)53-39-27-35(48(10,11)12)26-37(29-39)51-22-21-50(31-51)36-24-33(46(4,5)6)23-34(25-36)47(7,8)9/h13-31H,1-12H3/q+1. The van der Waals surface area contributed by atoms with E-state index in [1.807, 2.05) is 6.20 Å². The molecule has 5 nitrogen and oxygen atoms in total. The quantitative estimate of drug-likeness (QED) is 0.167. The maximum Gasteiger partial charge on any atom is 0.254 e. The highest BCUT2D eigenvalue weighted by molar-refractivity contribution is 6.09. The summed E-state index contributed by atoms with van der Waals surface area (Å²) >= 11 is 0. The molecule has 3 heterocycles. The highest BCUT2D eigenvalue weighted by Gasteiger charge is 2.24. The molecule has 7 rings (SSSR count). The molecule has 0 unspecified atom stereocenters. The van der Waals surface area contributed by atoms with Crippen molar-refractivity contribution in [3.8, 4) is 28.7 Å². The normalized spacial score (nSPS) is 12.9. The van der Waals surface area contributed by atoms with E-state index in [1.165, 1.54) is 33.0 Å². The lowest BCUT2D eigenvalue weighted by molar-refractivity contribution is -0.594. The van der Waals surface area contributed by atoms with Crippen molar-refractivity contribution < 1.29 is 9.30 Å². The lowest BCUT2D eigenvalue weighted by Gasteiger charge is -2.25. The predicted molar refractivity (Wildman–Crippen MR) is 221 cm³/mol.